The molecule has 2 unspecified atom stereocenters. The Morgan fingerprint density at radius 1 is 1.17 bits per heavy atom. The van der Waals surface area contributed by atoms with Crippen molar-refractivity contribution in [1.82, 2.24) is 13.3 Å². The summed E-state index contributed by atoms with van der Waals surface area (Å²) in [7, 11) is -8.04. The Morgan fingerprint density at radius 2 is 1.86 bits per heavy atom. The minimum Gasteiger partial charge on any atom is -0.237 e. The van der Waals surface area contributed by atoms with Crippen molar-refractivity contribution in [2.24, 2.45) is 0 Å². The number of hydrogen-bond acceptors (Lipinski definition) is 5. The number of sulfonamides is 1. The molecule has 0 aromatic carbocycles. The monoisotopic (exact) mass is 499 g/mol. The van der Waals surface area contributed by atoms with Crippen LogP contribution in [0, 0.1) is 0 Å². The second kappa shape index (κ2) is 7.04. The average Bonchev–Trinajstić information content (AvgIpc) is 3.34. The van der Waals surface area contributed by atoms with Gasteiger partial charge in [-0.25, -0.2) is 30.1 Å². The molecular weight excluding hydrogens is 478 g/mol. The third-order valence-electron chi connectivity index (χ3n) is 5.72. The fourth-order valence-corrected chi connectivity index (χ4v) is 9.12. The maximum absolute atomic E-state index is 13.9. The highest BCUT2D eigenvalue weighted by Crippen LogP contribution is 2.41. The highest BCUT2D eigenvalue weighted by molar-refractivity contribution is 9.12. The van der Waals surface area contributed by atoms with E-state index in [1.54, 1.807) is 31.2 Å². The van der Waals surface area contributed by atoms with Gasteiger partial charge in [-0.15, -0.1) is 0 Å². The van der Waals surface area contributed by atoms with Crippen LogP contribution in [0.5, 0.6) is 0 Å². The number of aromatic nitrogens is 2. The second-order valence-corrected chi connectivity index (χ2v) is 12.8. The first-order valence-electron chi connectivity index (χ1n) is 9.32. The van der Waals surface area contributed by atoms with Crippen LogP contribution in [0.4, 0.5) is 0 Å². The predicted molar refractivity (Wildman–Crippen MR) is 117 cm³/mol. The lowest BCUT2D eigenvalue weighted by Gasteiger charge is -2.37. The lowest BCUT2D eigenvalue weighted by molar-refractivity contribution is 0.460. The van der Waals surface area contributed by atoms with E-state index < -0.39 is 30.0 Å². The van der Waals surface area contributed by atoms with E-state index in [1.165, 1.54) is 29.7 Å². The SMILES string of the molecule is CC1=CC(C)(S(=O)(=O)n2ccc3cccnc32)C(S(=O)(=O)N2CCCC2)C=C1Br. The molecule has 1 saturated heterocycles. The van der Waals surface area contributed by atoms with Crippen LogP contribution in [-0.2, 0) is 20.0 Å². The van der Waals surface area contributed by atoms with Crippen molar-refractivity contribution in [2.75, 3.05) is 13.1 Å². The highest BCUT2D eigenvalue weighted by Gasteiger charge is 2.54. The lowest BCUT2D eigenvalue weighted by Crippen LogP contribution is -2.55. The van der Waals surface area contributed by atoms with Crippen LogP contribution in [0.2, 0.25) is 0 Å². The molecule has 0 N–H and O–H groups in total. The normalized spacial score (nSPS) is 26.5. The predicted octanol–water partition coefficient (Wildman–Crippen LogP) is 3.01. The van der Waals surface area contributed by atoms with E-state index in [-0.39, 0.29) is 5.65 Å². The van der Waals surface area contributed by atoms with Crippen LogP contribution in [0.1, 0.15) is 26.7 Å². The highest BCUT2D eigenvalue weighted by atomic mass is 79.9. The first-order chi connectivity index (χ1) is 13.6. The van der Waals surface area contributed by atoms with Gasteiger partial charge in [-0.3, -0.25) is 0 Å². The second-order valence-electron chi connectivity index (χ2n) is 7.63. The molecular formula is C19H22BrN3O4S2. The van der Waals surface area contributed by atoms with Gasteiger partial charge in [-0.1, -0.05) is 22.0 Å². The Hall–Kier alpha value is -1.49. The molecule has 29 heavy (non-hydrogen) atoms. The van der Waals surface area contributed by atoms with Crippen molar-refractivity contribution in [2.45, 2.75) is 36.7 Å². The van der Waals surface area contributed by atoms with E-state index in [9.17, 15) is 16.8 Å². The summed E-state index contributed by atoms with van der Waals surface area (Å²) in [6.07, 6.45) is 7.57. The molecule has 0 saturated carbocycles. The van der Waals surface area contributed by atoms with Crippen molar-refractivity contribution in [3.63, 3.8) is 0 Å². The number of nitrogens with zero attached hydrogens (tertiary/aromatic N) is 3. The zero-order valence-electron chi connectivity index (χ0n) is 16.1. The van der Waals surface area contributed by atoms with E-state index in [1.807, 2.05) is 0 Å². The Kier molecular flexibility index (Phi) is 5.04. The third kappa shape index (κ3) is 3.11. The van der Waals surface area contributed by atoms with Gasteiger partial charge < -0.3 is 0 Å². The zero-order valence-corrected chi connectivity index (χ0v) is 19.3. The fraction of sp³-hybridized carbons (Fsp3) is 0.421. The first-order valence-corrected chi connectivity index (χ1v) is 13.1. The number of allylic oxidation sites excluding steroid dienone is 2. The number of halogens is 1. The van der Waals surface area contributed by atoms with Gasteiger partial charge in [0.25, 0.3) is 10.0 Å². The molecule has 3 heterocycles. The molecule has 0 amide bonds. The minimum atomic E-state index is -4.16. The van der Waals surface area contributed by atoms with Crippen LogP contribution in [0.15, 0.2) is 52.8 Å². The van der Waals surface area contributed by atoms with E-state index in [0.29, 0.717) is 28.5 Å². The summed E-state index contributed by atoms with van der Waals surface area (Å²) in [6, 6.07) is 5.16. The third-order valence-corrected chi connectivity index (χ3v) is 11.4. The maximum atomic E-state index is 13.9. The number of hydrogen-bond donors (Lipinski definition) is 0. The Morgan fingerprint density at radius 3 is 2.55 bits per heavy atom. The summed E-state index contributed by atoms with van der Waals surface area (Å²) in [6.45, 7) is 4.07. The lowest BCUT2D eigenvalue weighted by atomic mass is 9.97. The molecule has 7 nitrogen and oxygen atoms in total. The molecule has 2 aromatic rings. The molecule has 0 bridgehead atoms. The van der Waals surface area contributed by atoms with E-state index in [4.69, 9.17) is 0 Å². The van der Waals surface area contributed by atoms with Gasteiger partial charge in [0.1, 0.15) is 10.00 Å². The molecule has 1 fully saturated rings. The Balaban J connectivity index is 1.92. The first kappa shape index (κ1) is 20.8. The van der Waals surface area contributed by atoms with Gasteiger partial charge in [0.15, 0.2) is 5.65 Å². The Bertz CT molecular complexity index is 1240. The van der Waals surface area contributed by atoms with Crippen LogP contribution in [0.3, 0.4) is 0 Å². The van der Waals surface area contributed by atoms with Crippen LogP contribution in [0.25, 0.3) is 11.0 Å². The molecule has 4 rings (SSSR count). The van der Waals surface area contributed by atoms with Crippen molar-refractivity contribution < 1.29 is 16.8 Å². The maximum Gasteiger partial charge on any atom is 0.250 e. The number of fused-ring (bicyclic) bond motifs is 1. The van der Waals surface area contributed by atoms with Crippen LogP contribution in [-0.4, -0.2) is 53.2 Å². The summed E-state index contributed by atoms with van der Waals surface area (Å²) in [5.74, 6) is 0. The van der Waals surface area contributed by atoms with Crippen molar-refractivity contribution >= 4 is 47.0 Å². The van der Waals surface area contributed by atoms with Crippen molar-refractivity contribution in [3.8, 4) is 0 Å². The molecule has 156 valence electrons. The molecule has 10 heteroatoms. The smallest absolute Gasteiger partial charge is 0.237 e. The summed E-state index contributed by atoms with van der Waals surface area (Å²) >= 11 is 3.40. The minimum absolute atomic E-state index is 0.283. The molecule has 0 spiro atoms. The van der Waals surface area contributed by atoms with E-state index in [2.05, 4.69) is 20.9 Å². The van der Waals surface area contributed by atoms with Gasteiger partial charge in [-0.05, 0) is 56.5 Å². The zero-order chi connectivity index (χ0) is 21.0. The van der Waals surface area contributed by atoms with Crippen LogP contribution >= 0.6 is 15.9 Å². The quantitative estimate of drug-likeness (QED) is 0.644. The molecule has 2 aliphatic rings. The Labute approximate surface area is 179 Å². The molecule has 2 aromatic heterocycles. The number of rotatable bonds is 4. The largest absolute Gasteiger partial charge is 0.250 e. The topological polar surface area (TPSA) is 89.3 Å². The van der Waals surface area contributed by atoms with Crippen molar-refractivity contribution in [3.05, 3.63) is 52.8 Å². The van der Waals surface area contributed by atoms with Gasteiger partial charge in [0.05, 0.1) is 0 Å². The summed E-state index contributed by atoms with van der Waals surface area (Å²) in [4.78, 5) is 4.21. The molecule has 1 aliphatic heterocycles. The van der Waals surface area contributed by atoms with Crippen molar-refractivity contribution in [1.29, 1.82) is 0 Å². The fourth-order valence-electron chi connectivity index (χ4n) is 4.07. The summed E-state index contributed by atoms with van der Waals surface area (Å²) in [5.41, 5.74) is 0.957. The van der Waals surface area contributed by atoms with Gasteiger partial charge in [0, 0.05) is 35.4 Å². The van der Waals surface area contributed by atoms with E-state index >= 15 is 0 Å². The number of pyridine rings is 1. The summed E-state index contributed by atoms with van der Waals surface area (Å²) < 4.78 is 56.1. The van der Waals surface area contributed by atoms with Crippen LogP contribution < -0.4 is 0 Å². The van der Waals surface area contributed by atoms with E-state index in [0.717, 1.165) is 16.8 Å². The van der Waals surface area contributed by atoms with Gasteiger partial charge in [-0.2, -0.15) is 0 Å². The summed E-state index contributed by atoms with van der Waals surface area (Å²) in [5, 5.41) is -0.579. The molecule has 1 aliphatic carbocycles. The standard InChI is InChI=1S/C19H22BrN3O4S2/c1-14-13-19(2,17(12-16(14)20)28(24,25)22-9-3-4-10-22)29(26,27)23-11-7-15-6-5-8-21-18(15)23/h5-8,11-13,17H,3-4,9-10H2,1-2H3. The van der Waals surface area contributed by atoms with Gasteiger partial charge in [0.2, 0.25) is 10.0 Å². The average molecular weight is 500 g/mol. The molecule has 2 atom stereocenters. The molecule has 0 radical (unpaired) electrons. The van der Waals surface area contributed by atoms with Gasteiger partial charge >= 0.3 is 0 Å².